The zero-order valence-electron chi connectivity index (χ0n) is 14.1. The van der Waals surface area contributed by atoms with Crippen molar-refractivity contribution in [2.75, 3.05) is 32.9 Å². The first-order valence-electron chi connectivity index (χ1n) is 8.02. The molecule has 134 valence electrons. The lowest BCUT2D eigenvalue weighted by Crippen LogP contribution is -2.43. The number of guanidine groups is 1. The summed E-state index contributed by atoms with van der Waals surface area (Å²) in [5, 5.41) is 7.29. The molecule has 8 heteroatoms. The lowest BCUT2D eigenvalue weighted by atomic mass is 9.98. The maximum Gasteiger partial charge on any atom is 0.211 e. The summed E-state index contributed by atoms with van der Waals surface area (Å²) in [6.07, 6.45) is 3.00. The van der Waals surface area contributed by atoms with E-state index in [4.69, 9.17) is 11.6 Å². The van der Waals surface area contributed by atoms with E-state index in [1.807, 2.05) is 24.3 Å². The van der Waals surface area contributed by atoms with Crippen LogP contribution in [0.3, 0.4) is 0 Å². The summed E-state index contributed by atoms with van der Waals surface area (Å²) < 4.78 is 24.6. The molecule has 1 aromatic carbocycles. The van der Waals surface area contributed by atoms with Crippen LogP contribution in [0.4, 0.5) is 0 Å². The summed E-state index contributed by atoms with van der Waals surface area (Å²) in [4.78, 5) is 4.22. The van der Waals surface area contributed by atoms with E-state index in [2.05, 4.69) is 15.6 Å². The van der Waals surface area contributed by atoms with Gasteiger partial charge in [-0.05, 0) is 36.5 Å². The SMILES string of the molecule is CN=C(NCc1cccc(Cl)c1)NCC1CCN(S(C)(=O)=O)CC1. The van der Waals surface area contributed by atoms with Crippen molar-refractivity contribution in [3.05, 3.63) is 34.9 Å². The average Bonchev–Trinajstić information content (AvgIpc) is 2.55. The van der Waals surface area contributed by atoms with Gasteiger partial charge in [0.05, 0.1) is 6.26 Å². The van der Waals surface area contributed by atoms with Gasteiger partial charge in [0, 0.05) is 38.2 Å². The van der Waals surface area contributed by atoms with Crippen LogP contribution >= 0.6 is 11.6 Å². The molecule has 0 bridgehead atoms. The Bertz CT molecular complexity index is 670. The van der Waals surface area contributed by atoms with Gasteiger partial charge in [0.2, 0.25) is 10.0 Å². The fraction of sp³-hybridized carbons (Fsp3) is 0.562. The minimum absolute atomic E-state index is 0.452. The number of sulfonamides is 1. The van der Waals surface area contributed by atoms with E-state index in [0.717, 1.165) is 35.9 Å². The molecule has 1 fully saturated rings. The molecular formula is C16H25ClN4O2S. The number of nitrogens with zero attached hydrogens (tertiary/aromatic N) is 2. The van der Waals surface area contributed by atoms with Crippen LogP contribution in [0.25, 0.3) is 0 Å². The lowest BCUT2D eigenvalue weighted by molar-refractivity contribution is 0.275. The Hall–Kier alpha value is -1.31. The Balaban J connectivity index is 1.74. The largest absolute Gasteiger partial charge is 0.356 e. The predicted molar refractivity (Wildman–Crippen MR) is 98.8 cm³/mol. The Morgan fingerprint density at radius 2 is 2.04 bits per heavy atom. The number of benzene rings is 1. The normalized spacial score (nSPS) is 17.7. The zero-order chi connectivity index (χ0) is 17.6. The van der Waals surface area contributed by atoms with Crippen LogP contribution in [0.5, 0.6) is 0 Å². The fourth-order valence-corrected chi connectivity index (χ4v) is 3.83. The Kier molecular flexibility index (Phi) is 6.89. The van der Waals surface area contributed by atoms with Crippen molar-refractivity contribution in [2.24, 2.45) is 10.9 Å². The van der Waals surface area contributed by atoms with Gasteiger partial charge in [-0.25, -0.2) is 12.7 Å². The molecule has 0 atom stereocenters. The number of rotatable bonds is 5. The maximum absolute atomic E-state index is 11.5. The molecule has 0 unspecified atom stereocenters. The molecule has 2 rings (SSSR count). The van der Waals surface area contributed by atoms with Crippen LogP contribution in [0.2, 0.25) is 5.02 Å². The fourth-order valence-electron chi connectivity index (χ4n) is 2.74. The summed E-state index contributed by atoms with van der Waals surface area (Å²) >= 11 is 5.98. The Morgan fingerprint density at radius 3 is 2.62 bits per heavy atom. The van der Waals surface area contributed by atoms with Gasteiger partial charge in [-0.15, -0.1) is 0 Å². The van der Waals surface area contributed by atoms with Gasteiger partial charge < -0.3 is 10.6 Å². The van der Waals surface area contributed by atoms with Crippen LogP contribution in [0.15, 0.2) is 29.3 Å². The molecule has 0 amide bonds. The highest BCUT2D eigenvalue weighted by atomic mass is 35.5. The minimum Gasteiger partial charge on any atom is -0.356 e. The average molecular weight is 373 g/mol. The Labute approximate surface area is 149 Å². The summed E-state index contributed by atoms with van der Waals surface area (Å²) in [5.41, 5.74) is 1.09. The van der Waals surface area contributed by atoms with Gasteiger partial charge in [0.25, 0.3) is 0 Å². The third kappa shape index (κ3) is 5.96. The van der Waals surface area contributed by atoms with Gasteiger partial charge >= 0.3 is 0 Å². The van der Waals surface area contributed by atoms with Gasteiger partial charge in [-0.3, -0.25) is 4.99 Å². The molecule has 0 saturated carbocycles. The lowest BCUT2D eigenvalue weighted by Gasteiger charge is -2.30. The van der Waals surface area contributed by atoms with Gasteiger partial charge in [0.15, 0.2) is 5.96 Å². The van der Waals surface area contributed by atoms with Crippen LogP contribution < -0.4 is 10.6 Å². The molecule has 1 aliphatic rings. The smallest absolute Gasteiger partial charge is 0.211 e. The molecule has 0 aromatic heterocycles. The van der Waals surface area contributed by atoms with E-state index < -0.39 is 10.0 Å². The van der Waals surface area contributed by atoms with Gasteiger partial charge in [-0.2, -0.15) is 0 Å². The minimum atomic E-state index is -3.06. The van der Waals surface area contributed by atoms with E-state index in [0.29, 0.717) is 25.6 Å². The summed E-state index contributed by atoms with van der Waals surface area (Å²) in [5.74, 6) is 1.19. The first-order chi connectivity index (χ1) is 11.4. The Morgan fingerprint density at radius 1 is 1.33 bits per heavy atom. The molecule has 6 nitrogen and oxygen atoms in total. The van der Waals surface area contributed by atoms with Crippen molar-refractivity contribution >= 4 is 27.6 Å². The van der Waals surface area contributed by atoms with Crippen LogP contribution in [0, 0.1) is 5.92 Å². The topological polar surface area (TPSA) is 73.8 Å². The van der Waals surface area contributed by atoms with E-state index in [-0.39, 0.29) is 0 Å². The molecule has 0 radical (unpaired) electrons. The number of hydrogen-bond acceptors (Lipinski definition) is 3. The van der Waals surface area contributed by atoms with Gasteiger partial charge in [0.1, 0.15) is 0 Å². The van der Waals surface area contributed by atoms with Crippen molar-refractivity contribution in [1.29, 1.82) is 0 Å². The molecule has 1 aliphatic heterocycles. The van der Waals surface area contributed by atoms with E-state index in [1.165, 1.54) is 6.26 Å². The molecule has 0 spiro atoms. The number of aliphatic imine (C=N–C) groups is 1. The highest BCUT2D eigenvalue weighted by Crippen LogP contribution is 2.18. The summed E-state index contributed by atoms with van der Waals surface area (Å²) in [6.45, 7) is 2.62. The first-order valence-corrected chi connectivity index (χ1v) is 10.2. The molecule has 1 heterocycles. The highest BCUT2D eigenvalue weighted by Gasteiger charge is 2.24. The second-order valence-electron chi connectivity index (χ2n) is 6.04. The van der Waals surface area contributed by atoms with Crippen LogP contribution in [-0.4, -0.2) is 51.6 Å². The standard InChI is InChI=1S/C16H25ClN4O2S/c1-18-16(20-12-14-4-3-5-15(17)10-14)19-11-13-6-8-21(9-7-13)24(2,22)23/h3-5,10,13H,6-9,11-12H2,1-2H3,(H2,18,19,20). The van der Waals surface area contributed by atoms with Crippen molar-refractivity contribution in [3.63, 3.8) is 0 Å². The molecule has 0 aliphatic carbocycles. The quantitative estimate of drug-likeness (QED) is 0.609. The maximum atomic E-state index is 11.5. The number of piperidine rings is 1. The summed E-state index contributed by atoms with van der Waals surface area (Å²) in [7, 11) is -1.33. The first kappa shape index (κ1) is 19.0. The number of nitrogens with one attached hydrogen (secondary N) is 2. The van der Waals surface area contributed by atoms with Crippen molar-refractivity contribution in [1.82, 2.24) is 14.9 Å². The zero-order valence-corrected chi connectivity index (χ0v) is 15.7. The highest BCUT2D eigenvalue weighted by molar-refractivity contribution is 7.88. The van der Waals surface area contributed by atoms with Crippen molar-refractivity contribution < 1.29 is 8.42 Å². The third-order valence-electron chi connectivity index (χ3n) is 4.17. The number of hydrogen-bond donors (Lipinski definition) is 2. The predicted octanol–water partition coefficient (Wildman–Crippen LogP) is 1.68. The molecule has 1 aromatic rings. The monoisotopic (exact) mass is 372 g/mol. The molecule has 24 heavy (non-hydrogen) atoms. The van der Waals surface area contributed by atoms with Crippen molar-refractivity contribution in [2.45, 2.75) is 19.4 Å². The van der Waals surface area contributed by atoms with Crippen LogP contribution in [-0.2, 0) is 16.6 Å². The summed E-state index contributed by atoms with van der Waals surface area (Å²) in [6, 6.07) is 7.70. The van der Waals surface area contributed by atoms with E-state index in [9.17, 15) is 8.42 Å². The third-order valence-corrected chi connectivity index (χ3v) is 5.71. The van der Waals surface area contributed by atoms with Crippen molar-refractivity contribution in [3.8, 4) is 0 Å². The van der Waals surface area contributed by atoms with Crippen LogP contribution in [0.1, 0.15) is 18.4 Å². The second-order valence-corrected chi connectivity index (χ2v) is 8.46. The van der Waals surface area contributed by atoms with E-state index in [1.54, 1.807) is 11.4 Å². The number of halogens is 1. The molecule has 1 saturated heterocycles. The second kappa shape index (κ2) is 8.69. The van der Waals surface area contributed by atoms with E-state index >= 15 is 0 Å². The van der Waals surface area contributed by atoms with Gasteiger partial charge in [-0.1, -0.05) is 23.7 Å². The molecular weight excluding hydrogens is 348 g/mol. The molecule has 2 N–H and O–H groups in total.